The average Bonchev–Trinajstić information content (AvgIpc) is 1.97. The second-order valence-corrected chi connectivity index (χ2v) is 4.02. The summed E-state index contributed by atoms with van der Waals surface area (Å²) in [5.41, 5.74) is -0.324. The van der Waals surface area contributed by atoms with Gasteiger partial charge in [-0.05, 0) is 19.8 Å². The van der Waals surface area contributed by atoms with Crippen LogP contribution in [0.2, 0.25) is 0 Å². The lowest BCUT2D eigenvalue weighted by Crippen LogP contribution is -2.30. The van der Waals surface area contributed by atoms with Crippen molar-refractivity contribution in [2.24, 2.45) is 11.3 Å². The Morgan fingerprint density at radius 1 is 1.75 bits per heavy atom. The molecule has 1 nitrogen and oxygen atoms in total. The van der Waals surface area contributed by atoms with Crippen LogP contribution < -0.4 is 0 Å². The van der Waals surface area contributed by atoms with Crippen LogP contribution in [0.1, 0.15) is 33.6 Å². The van der Waals surface area contributed by atoms with Gasteiger partial charge >= 0.3 is 0 Å². The molecule has 0 saturated carbocycles. The van der Waals surface area contributed by atoms with Gasteiger partial charge in [-0.3, -0.25) is 4.79 Å². The van der Waals surface area contributed by atoms with E-state index in [2.05, 4.69) is 0 Å². The first-order chi connectivity index (χ1) is 5.46. The lowest BCUT2D eigenvalue weighted by molar-refractivity contribution is -0.126. The molecule has 1 rings (SSSR count). The highest BCUT2D eigenvalue weighted by Gasteiger charge is 2.35. The molecule has 1 aliphatic rings. The molecule has 2 heteroatoms. The van der Waals surface area contributed by atoms with Crippen molar-refractivity contribution in [1.82, 2.24) is 0 Å². The average molecular weight is 170 g/mol. The molecular weight excluding hydrogens is 155 g/mol. The third-order valence-electron chi connectivity index (χ3n) is 2.83. The van der Waals surface area contributed by atoms with Crippen LogP contribution >= 0.6 is 0 Å². The first kappa shape index (κ1) is 9.43. The normalized spacial score (nSPS) is 36.0. The second-order valence-electron chi connectivity index (χ2n) is 4.02. The Kier molecular flexibility index (Phi) is 2.36. The number of hydrogen-bond acceptors (Lipinski definition) is 1. The summed E-state index contributed by atoms with van der Waals surface area (Å²) in [5, 5.41) is 0. The molecule has 12 heavy (non-hydrogen) atoms. The van der Waals surface area contributed by atoms with Crippen molar-refractivity contribution >= 4 is 5.78 Å². The molecule has 0 amide bonds. The van der Waals surface area contributed by atoms with Crippen LogP contribution in [0.3, 0.4) is 0 Å². The van der Waals surface area contributed by atoms with Crippen LogP contribution in [0.5, 0.6) is 0 Å². The van der Waals surface area contributed by atoms with Crippen molar-refractivity contribution in [3.63, 3.8) is 0 Å². The molecule has 0 N–H and O–H groups in total. The van der Waals surface area contributed by atoms with E-state index in [0.29, 0.717) is 12.8 Å². The Bertz CT molecular complexity index is 232. The topological polar surface area (TPSA) is 17.1 Å². The van der Waals surface area contributed by atoms with Crippen molar-refractivity contribution in [3.05, 3.63) is 11.9 Å². The maximum Gasteiger partial charge on any atom is 0.136 e. The molecule has 0 aliphatic heterocycles. The van der Waals surface area contributed by atoms with E-state index < -0.39 is 0 Å². The zero-order valence-corrected chi connectivity index (χ0v) is 7.86. The monoisotopic (exact) mass is 170 g/mol. The van der Waals surface area contributed by atoms with Crippen molar-refractivity contribution < 1.29 is 9.18 Å². The van der Waals surface area contributed by atoms with Gasteiger partial charge in [-0.25, -0.2) is 4.39 Å². The summed E-state index contributed by atoms with van der Waals surface area (Å²) in [5.74, 6) is 0.0134. The minimum atomic E-state index is -0.324. The van der Waals surface area contributed by atoms with Gasteiger partial charge in [-0.15, -0.1) is 0 Å². The minimum absolute atomic E-state index is 0.0614. The zero-order chi connectivity index (χ0) is 9.35. The van der Waals surface area contributed by atoms with Crippen molar-refractivity contribution in [1.29, 1.82) is 0 Å². The molecule has 0 aromatic rings. The SMILES string of the molecule is CC(=O)[C@]1(C)CC=C(F)C(C)C1. The van der Waals surface area contributed by atoms with E-state index in [1.807, 2.05) is 13.8 Å². The van der Waals surface area contributed by atoms with E-state index in [1.165, 1.54) is 0 Å². The fourth-order valence-electron chi connectivity index (χ4n) is 1.67. The predicted octanol–water partition coefficient (Wildman–Crippen LogP) is 2.87. The van der Waals surface area contributed by atoms with Gasteiger partial charge in [-0.2, -0.15) is 0 Å². The van der Waals surface area contributed by atoms with Gasteiger partial charge in [0.2, 0.25) is 0 Å². The quantitative estimate of drug-likeness (QED) is 0.591. The molecule has 2 atom stereocenters. The number of carbonyl (C=O) groups is 1. The zero-order valence-electron chi connectivity index (χ0n) is 7.86. The van der Waals surface area contributed by atoms with Gasteiger partial charge in [0, 0.05) is 11.3 Å². The molecular formula is C10H15FO. The van der Waals surface area contributed by atoms with Crippen molar-refractivity contribution in [3.8, 4) is 0 Å². The summed E-state index contributed by atoms with van der Waals surface area (Å²) >= 11 is 0. The standard InChI is InChI=1S/C10H15FO/c1-7-6-10(3,8(2)12)5-4-9(7)11/h4,7H,5-6H2,1-3H3/t7?,10-/m1/s1. The number of carbonyl (C=O) groups excluding carboxylic acids is 1. The molecule has 0 bridgehead atoms. The Labute approximate surface area is 72.7 Å². The number of allylic oxidation sites excluding steroid dienone is 2. The summed E-state index contributed by atoms with van der Waals surface area (Å²) in [4.78, 5) is 11.2. The summed E-state index contributed by atoms with van der Waals surface area (Å²) in [6.45, 7) is 5.32. The number of Topliss-reactive ketones (excluding diaryl/α,β-unsaturated/α-hetero) is 1. The van der Waals surface area contributed by atoms with Crippen molar-refractivity contribution in [2.75, 3.05) is 0 Å². The van der Waals surface area contributed by atoms with Crippen LogP contribution in [0.4, 0.5) is 4.39 Å². The number of hydrogen-bond donors (Lipinski definition) is 0. The number of halogens is 1. The highest BCUT2D eigenvalue weighted by molar-refractivity contribution is 5.82. The number of ketones is 1. The summed E-state index contributed by atoms with van der Waals surface area (Å²) < 4.78 is 12.9. The summed E-state index contributed by atoms with van der Waals surface area (Å²) in [6.07, 6.45) is 2.75. The van der Waals surface area contributed by atoms with Gasteiger partial charge in [0.1, 0.15) is 5.78 Å². The molecule has 68 valence electrons. The smallest absolute Gasteiger partial charge is 0.136 e. The van der Waals surface area contributed by atoms with E-state index >= 15 is 0 Å². The van der Waals surface area contributed by atoms with Gasteiger partial charge in [0.05, 0.1) is 5.83 Å². The van der Waals surface area contributed by atoms with E-state index in [-0.39, 0.29) is 22.9 Å². The van der Waals surface area contributed by atoms with E-state index in [9.17, 15) is 9.18 Å². The fourth-order valence-corrected chi connectivity index (χ4v) is 1.67. The minimum Gasteiger partial charge on any atom is -0.299 e. The summed E-state index contributed by atoms with van der Waals surface area (Å²) in [7, 11) is 0. The van der Waals surface area contributed by atoms with Gasteiger partial charge < -0.3 is 0 Å². The van der Waals surface area contributed by atoms with Crippen LogP contribution in [0.15, 0.2) is 11.9 Å². The van der Waals surface area contributed by atoms with Gasteiger partial charge in [0.15, 0.2) is 0 Å². The summed E-state index contributed by atoms with van der Waals surface area (Å²) in [6, 6.07) is 0. The Balaban J connectivity index is 2.82. The molecule has 0 fully saturated rings. The maximum atomic E-state index is 12.9. The third-order valence-corrected chi connectivity index (χ3v) is 2.83. The van der Waals surface area contributed by atoms with Gasteiger partial charge in [0.25, 0.3) is 0 Å². The highest BCUT2D eigenvalue weighted by atomic mass is 19.1. The van der Waals surface area contributed by atoms with Crippen molar-refractivity contribution in [2.45, 2.75) is 33.6 Å². The first-order valence-corrected chi connectivity index (χ1v) is 4.32. The van der Waals surface area contributed by atoms with E-state index in [1.54, 1.807) is 13.0 Å². The van der Waals surface area contributed by atoms with E-state index in [0.717, 1.165) is 0 Å². The van der Waals surface area contributed by atoms with Crippen LogP contribution in [0.25, 0.3) is 0 Å². The molecule has 1 aliphatic carbocycles. The lowest BCUT2D eigenvalue weighted by atomic mass is 9.72. The predicted molar refractivity (Wildman–Crippen MR) is 46.4 cm³/mol. The second kappa shape index (κ2) is 3.00. The molecule has 1 unspecified atom stereocenters. The Morgan fingerprint density at radius 3 is 2.75 bits per heavy atom. The van der Waals surface area contributed by atoms with Gasteiger partial charge in [-0.1, -0.05) is 19.9 Å². The van der Waals surface area contributed by atoms with E-state index in [4.69, 9.17) is 0 Å². The van der Waals surface area contributed by atoms with Crippen LogP contribution in [-0.4, -0.2) is 5.78 Å². The molecule has 0 aromatic carbocycles. The molecule has 0 saturated heterocycles. The maximum absolute atomic E-state index is 12.9. The molecule has 0 heterocycles. The first-order valence-electron chi connectivity index (χ1n) is 4.32. The highest BCUT2D eigenvalue weighted by Crippen LogP contribution is 2.39. The fraction of sp³-hybridized carbons (Fsp3) is 0.700. The Hall–Kier alpha value is -0.660. The molecule has 0 radical (unpaired) electrons. The Morgan fingerprint density at radius 2 is 2.33 bits per heavy atom. The largest absolute Gasteiger partial charge is 0.299 e. The van der Waals surface area contributed by atoms with Crippen LogP contribution in [0, 0.1) is 11.3 Å². The lowest BCUT2D eigenvalue weighted by Gasteiger charge is -2.31. The molecule has 0 aromatic heterocycles. The third kappa shape index (κ3) is 1.57. The van der Waals surface area contributed by atoms with Crippen LogP contribution in [-0.2, 0) is 4.79 Å². The molecule has 0 spiro atoms. The number of rotatable bonds is 1.